The van der Waals surface area contributed by atoms with Gasteiger partial charge in [0.1, 0.15) is 11.4 Å². The van der Waals surface area contributed by atoms with E-state index in [1.54, 1.807) is 0 Å². The third-order valence-corrected chi connectivity index (χ3v) is 4.10. The second-order valence-corrected chi connectivity index (χ2v) is 6.20. The van der Waals surface area contributed by atoms with Crippen LogP contribution in [0.5, 0.6) is 5.75 Å². The maximum Gasteiger partial charge on any atom is 0.120 e. The molecule has 0 unspecified atom stereocenters. The zero-order valence-corrected chi connectivity index (χ0v) is 13.2. The van der Waals surface area contributed by atoms with Gasteiger partial charge >= 0.3 is 0 Å². The van der Waals surface area contributed by atoms with E-state index in [9.17, 15) is 0 Å². The minimum Gasteiger partial charge on any atom is -0.486 e. The summed E-state index contributed by atoms with van der Waals surface area (Å²) >= 11 is 0. The smallest absolute Gasteiger partial charge is 0.120 e. The van der Waals surface area contributed by atoms with E-state index < -0.39 is 0 Å². The Morgan fingerprint density at radius 1 is 1.00 bits per heavy atom. The summed E-state index contributed by atoms with van der Waals surface area (Å²) in [6.07, 6.45) is 1.86. The lowest BCUT2D eigenvalue weighted by Gasteiger charge is -2.45. The molecule has 0 amide bonds. The zero-order chi connectivity index (χ0) is 14.6. The maximum atomic E-state index is 6.48. The summed E-state index contributed by atoms with van der Waals surface area (Å²) in [6.45, 7) is 17.3. The molecule has 0 N–H and O–H groups in total. The normalized spacial score (nSPS) is 12.3. The minimum absolute atomic E-state index is 0.139. The highest BCUT2D eigenvalue weighted by atomic mass is 16.5. The van der Waals surface area contributed by atoms with Crippen LogP contribution in [0.2, 0.25) is 0 Å². The molecule has 0 aromatic heterocycles. The summed E-state index contributed by atoms with van der Waals surface area (Å²) in [4.78, 5) is 0. The molecule has 106 valence electrons. The number of hydrogen-bond acceptors (Lipinski definition) is 1. The molecule has 0 heterocycles. The van der Waals surface area contributed by atoms with Crippen LogP contribution >= 0.6 is 0 Å². The molecule has 0 atom stereocenters. The van der Waals surface area contributed by atoms with Crippen LogP contribution in [-0.4, -0.2) is 5.60 Å². The van der Waals surface area contributed by atoms with Crippen LogP contribution in [0, 0.1) is 17.8 Å². The van der Waals surface area contributed by atoms with Crippen molar-refractivity contribution < 1.29 is 4.74 Å². The number of hydrogen-bond donors (Lipinski definition) is 0. The fourth-order valence-corrected chi connectivity index (χ4v) is 3.26. The molecule has 19 heavy (non-hydrogen) atoms. The quantitative estimate of drug-likeness (QED) is 0.664. The van der Waals surface area contributed by atoms with Gasteiger partial charge < -0.3 is 4.74 Å². The highest BCUT2D eigenvalue weighted by Crippen LogP contribution is 2.38. The Morgan fingerprint density at radius 2 is 1.53 bits per heavy atom. The lowest BCUT2D eigenvalue weighted by Crippen LogP contribution is -2.51. The molecule has 0 radical (unpaired) electrons. The molecule has 1 heteroatoms. The predicted molar refractivity (Wildman–Crippen MR) is 84.4 cm³/mol. The molecule has 0 aliphatic carbocycles. The van der Waals surface area contributed by atoms with E-state index in [0.717, 1.165) is 11.3 Å². The Balaban J connectivity index is 3.16. The zero-order valence-electron chi connectivity index (χ0n) is 13.2. The second kappa shape index (κ2) is 6.27. The van der Waals surface area contributed by atoms with Crippen molar-refractivity contribution in [2.45, 2.75) is 47.1 Å². The van der Waals surface area contributed by atoms with Crippen molar-refractivity contribution in [2.75, 3.05) is 0 Å². The SMILES string of the molecule is C=Cc1cccc(OC(C(C)C)(C(C)C)C(C)C)c1. The Kier molecular flexibility index (Phi) is 5.22. The van der Waals surface area contributed by atoms with Crippen molar-refractivity contribution in [3.8, 4) is 5.75 Å². The van der Waals surface area contributed by atoms with E-state index >= 15 is 0 Å². The van der Waals surface area contributed by atoms with Crippen molar-refractivity contribution in [3.63, 3.8) is 0 Å². The molecule has 0 saturated heterocycles. The van der Waals surface area contributed by atoms with Gasteiger partial charge in [-0.1, -0.05) is 66.3 Å². The number of ether oxygens (including phenoxy) is 1. The first-order valence-corrected chi connectivity index (χ1v) is 7.26. The number of benzene rings is 1. The topological polar surface area (TPSA) is 9.23 Å². The van der Waals surface area contributed by atoms with Crippen LogP contribution in [-0.2, 0) is 0 Å². The van der Waals surface area contributed by atoms with E-state index in [1.807, 2.05) is 24.3 Å². The fourth-order valence-electron chi connectivity index (χ4n) is 3.26. The molecule has 0 spiro atoms. The van der Waals surface area contributed by atoms with Crippen molar-refractivity contribution in [1.82, 2.24) is 0 Å². The van der Waals surface area contributed by atoms with Crippen LogP contribution < -0.4 is 4.74 Å². The molecule has 0 aliphatic heterocycles. The second-order valence-electron chi connectivity index (χ2n) is 6.20. The van der Waals surface area contributed by atoms with Crippen LogP contribution in [0.1, 0.15) is 47.1 Å². The van der Waals surface area contributed by atoms with Gasteiger partial charge in [-0.05, 0) is 35.4 Å². The first-order chi connectivity index (χ1) is 8.84. The fraction of sp³-hybridized carbons (Fsp3) is 0.556. The van der Waals surface area contributed by atoms with Crippen molar-refractivity contribution in [3.05, 3.63) is 36.4 Å². The Labute approximate surface area is 118 Å². The molecular formula is C18H28O. The largest absolute Gasteiger partial charge is 0.486 e. The lowest BCUT2D eigenvalue weighted by molar-refractivity contribution is -0.0607. The average molecular weight is 260 g/mol. The molecule has 1 rings (SSSR count). The van der Waals surface area contributed by atoms with Gasteiger partial charge in [-0.25, -0.2) is 0 Å². The van der Waals surface area contributed by atoms with Crippen molar-refractivity contribution in [1.29, 1.82) is 0 Å². The van der Waals surface area contributed by atoms with E-state index in [0.29, 0.717) is 17.8 Å². The molecule has 1 nitrogen and oxygen atoms in total. The van der Waals surface area contributed by atoms with Crippen LogP contribution in [0.25, 0.3) is 6.08 Å². The summed E-state index contributed by atoms with van der Waals surface area (Å²) in [5.74, 6) is 2.31. The maximum absolute atomic E-state index is 6.48. The van der Waals surface area contributed by atoms with Gasteiger partial charge in [0.25, 0.3) is 0 Å². The first-order valence-electron chi connectivity index (χ1n) is 7.26. The highest BCUT2D eigenvalue weighted by molar-refractivity contribution is 5.49. The molecule has 1 aromatic rings. The Bertz CT molecular complexity index is 394. The van der Waals surface area contributed by atoms with E-state index in [4.69, 9.17) is 4.74 Å². The van der Waals surface area contributed by atoms with Gasteiger partial charge in [-0.3, -0.25) is 0 Å². The molecule has 0 saturated carbocycles. The molecule has 0 fully saturated rings. The van der Waals surface area contributed by atoms with Crippen LogP contribution in [0.3, 0.4) is 0 Å². The van der Waals surface area contributed by atoms with E-state index in [2.05, 4.69) is 54.2 Å². The van der Waals surface area contributed by atoms with Crippen molar-refractivity contribution >= 4 is 6.08 Å². The predicted octanol–water partition coefficient (Wildman–Crippen LogP) is 5.42. The van der Waals surface area contributed by atoms with Gasteiger partial charge in [0.15, 0.2) is 0 Å². The standard InChI is InChI=1S/C18H28O/c1-8-16-10-9-11-17(12-16)19-18(13(2)3,14(4)5)15(6)7/h8-15H,1H2,2-7H3. The third-order valence-electron chi connectivity index (χ3n) is 4.10. The Hall–Kier alpha value is -1.24. The summed E-state index contributed by atoms with van der Waals surface area (Å²) < 4.78 is 6.48. The van der Waals surface area contributed by atoms with Gasteiger partial charge in [-0.15, -0.1) is 0 Å². The number of rotatable bonds is 6. The van der Waals surface area contributed by atoms with Crippen LogP contribution in [0.4, 0.5) is 0 Å². The summed E-state index contributed by atoms with van der Waals surface area (Å²) in [5, 5.41) is 0. The Morgan fingerprint density at radius 3 is 1.95 bits per heavy atom. The lowest BCUT2D eigenvalue weighted by atomic mass is 9.72. The summed E-state index contributed by atoms with van der Waals surface area (Å²) in [6, 6.07) is 8.17. The first kappa shape index (κ1) is 15.8. The molecular weight excluding hydrogens is 232 g/mol. The van der Waals surface area contributed by atoms with Gasteiger partial charge in [0.05, 0.1) is 0 Å². The third kappa shape index (κ3) is 3.20. The summed E-state index contributed by atoms with van der Waals surface area (Å²) in [5.41, 5.74) is 0.961. The summed E-state index contributed by atoms with van der Waals surface area (Å²) in [7, 11) is 0. The average Bonchev–Trinajstić information content (AvgIpc) is 2.34. The van der Waals surface area contributed by atoms with Gasteiger partial charge in [0.2, 0.25) is 0 Å². The van der Waals surface area contributed by atoms with Crippen molar-refractivity contribution in [2.24, 2.45) is 17.8 Å². The van der Waals surface area contributed by atoms with E-state index in [1.165, 1.54) is 0 Å². The molecule has 0 aliphatic rings. The van der Waals surface area contributed by atoms with Gasteiger partial charge in [0, 0.05) is 0 Å². The van der Waals surface area contributed by atoms with Crippen LogP contribution in [0.15, 0.2) is 30.8 Å². The van der Waals surface area contributed by atoms with E-state index in [-0.39, 0.29) is 5.60 Å². The van der Waals surface area contributed by atoms with Gasteiger partial charge in [-0.2, -0.15) is 0 Å². The minimum atomic E-state index is -0.139. The highest BCUT2D eigenvalue weighted by Gasteiger charge is 2.42. The monoisotopic (exact) mass is 260 g/mol. The molecule has 0 bridgehead atoms. The molecule has 1 aromatic carbocycles.